The summed E-state index contributed by atoms with van der Waals surface area (Å²) < 4.78 is 23.7. The molecule has 3 nitrogen and oxygen atoms in total. The lowest BCUT2D eigenvalue weighted by atomic mass is 10.1. The van der Waals surface area contributed by atoms with Gasteiger partial charge in [-0.1, -0.05) is 6.07 Å². The van der Waals surface area contributed by atoms with Crippen LogP contribution in [0.15, 0.2) is 47.1 Å². The van der Waals surface area contributed by atoms with Crippen molar-refractivity contribution >= 4 is 0 Å². The topological polar surface area (TPSA) is 48.4 Å². The summed E-state index contributed by atoms with van der Waals surface area (Å²) in [4.78, 5) is 0. The standard InChI is InChI=1S/C13H14FNO2/c14-11-3-1-4-12(7-11)17-9-10(8-15)13-5-2-6-16-13/h1-7,10H,8-9,15H2. The van der Waals surface area contributed by atoms with Crippen LogP contribution in [0.5, 0.6) is 5.75 Å². The summed E-state index contributed by atoms with van der Waals surface area (Å²) >= 11 is 0. The maximum Gasteiger partial charge on any atom is 0.126 e. The summed E-state index contributed by atoms with van der Waals surface area (Å²) in [6, 6.07) is 9.69. The predicted octanol–water partition coefficient (Wildman–Crippen LogP) is 2.54. The van der Waals surface area contributed by atoms with Gasteiger partial charge in [0.25, 0.3) is 0 Å². The van der Waals surface area contributed by atoms with Crippen LogP contribution in [0.2, 0.25) is 0 Å². The molecule has 17 heavy (non-hydrogen) atoms. The number of nitrogens with two attached hydrogens (primary N) is 1. The Kier molecular flexibility index (Phi) is 3.77. The zero-order valence-electron chi connectivity index (χ0n) is 9.30. The van der Waals surface area contributed by atoms with Crippen LogP contribution in [0.25, 0.3) is 0 Å². The van der Waals surface area contributed by atoms with Crippen LogP contribution >= 0.6 is 0 Å². The first kappa shape index (κ1) is 11.7. The van der Waals surface area contributed by atoms with Crippen LogP contribution in [-0.4, -0.2) is 13.2 Å². The second-order valence-electron chi connectivity index (χ2n) is 3.72. The number of hydrogen-bond acceptors (Lipinski definition) is 3. The molecule has 0 radical (unpaired) electrons. The monoisotopic (exact) mass is 235 g/mol. The van der Waals surface area contributed by atoms with Crippen LogP contribution in [0.3, 0.4) is 0 Å². The molecular weight excluding hydrogens is 221 g/mol. The highest BCUT2D eigenvalue weighted by Crippen LogP contribution is 2.18. The number of furan rings is 1. The number of ether oxygens (including phenoxy) is 1. The molecule has 2 rings (SSSR count). The molecule has 0 saturated heterocycles. The van der Waals surface area contributed by atoms with Gasteiger partial charge >= 0.3 is 0 Å². The lowest BCUT2D eigenvalue weighted by molar-refractivity contribution is 0.271. The van der Waals surface area contributed by atoms with Gasteiger partial charge in [-0.2, -0.15) is 0 Å². The summed E-state index contributed by atoms with van der Waals surface area (Å²) in [5.74, 6) is 0.942. The zero-order valence-corrected chi connectivity index (χ0v) is 9.30. The maximum absolute atomic E-state index is 12.9. The van der Waals surface area contributed by atoms with Gasteiger partial charge in [0, 0.05) is 12.6 Å². The molecule has 1 aromatic heterocycles. The SMILES string of the molecule is NCC(COc1cccc(F)c1)c1ccco1. The average molecular weight is 235 g/mol. The Morgan fingerprint density at radius 3 is 2.82 bits per heavy atom. The van der Waals surface area contributed by atoms with Crippen molar-refractivity contribution in [3.63, 3.8) is 0 Å². The quantitative estimate of drug-likeness (QED) is 0.866. The first-order chi connectivity index (χ1) is 8.29. The molecule has 4 heteroatoms. The fourth-order valence-electron chi connectivity index (χ4n) is 1.54. The second-order valence-corrected chi connectivity index (χ2v) is 3.72. The van der Waals surface area contributed by atoms with Crippen molar-refractivity contribution in [2.45, 2.75) is 5.92 Å². The van der Waals surface area contributed by atoms with Crippen molar-refractivity contribution < 1.29 is 13.5 Å². The Balaban J connectivity index is 1.97. The number of hydrogen-bond donors (Lipinski definition) is 1. The summed E-state index contributed by atoms with van der Waals surface area (Å²) in [6.07, 6.45) is 1.60. The number of benzene rings is 1. The average Bonchev–Trinajstić information content (AvgIpc) is 2.84. The minimum absolute atomic E-state index is 0.0201. The van der Waals surface area contributed by atoms with Crippen molar-refractivity contribution in [2.24, 2.45) is 5.73 Å². The zero-order chi connectivity index (χ0) is 12.1. The van der Waals surface area contributed by atoms with E-state index in [1.807, 2.05) is 6.07 Å². The number of rotatable bonds is 5. The molecule has 1 heterocycles. The van der Waals surface area contributed by atoms with E-state index < -0.39 is 0 Å². The highest BCUT2D eigenvalue weighted by molar-refractivity contribution is 5.22. The van der Waals surface area contributed by atoms with Crippen LogP contribution in [-0.2, 0) is 0 Å². The molecule has 0 amide bonds. The van der Waals surface area contributed by atoms with E-state index in [9.17, 15) is 4.39 Å². The summed E-state index contributed by atoms with van der Waals surface area (Å²) in [5, 5.41) is 0. The van der Waals surface area contributed by atoms with Crippen molar-refractivity contribution in [2.75, 3.05) is 13.2 Å². The van der Waals surface area contributed by atoms with E-state index in [1.165, 1.54) is 12.1 Å². The molecule has 1 atom stereocenters. The van der Waals surface area contributed by atoms with Gasteiger partial charge in [-0.3, -0.25) is 0 Å². The molecule has 0 fully saturated rings. The molecule has 0 bridgehead atoms. The van der Waals surface area contributed by atoms with Crippen molar-refractivity contribution in [1.82, 2.24) is 0 Å². The van der Waals surface area contributed by atoms with E-state index in [4.69, 9.17) is 14.9 Å². The van der Waals surface area contributed by atoms with Gasteiger partial charge in [0.15, 0.2) is 0 Å². The lowest BCUT2D eigenvalue weighted by Gasteiger charge is -2.13. The molecule has 2 N–H and O–H groups in total. The molecular formula is C13H14FNO2. The lowest BCUT2D eigenvalue weighted by Crippen LogP contribution is -2.19. The molecule has 90 valence electrons. The summed E-state index contributed by atoms with van der Waals surface area (Å²) in [6.45, 7) is 0.788. The van der Waals surface area contributed by atoms with Gasteiger partial charge in [-0.05, 0) is 24.3 Å². The Labute approximate surface area is 99.0 Å². The first-order valence-electron chi connectivity index (χ1n) is 5.41. The third-order valence-corrected chi connectivity index (χ3v) is 2.48. The normalized spacial score (nSPS) is 12.4. The van der Waals surface area contributed by atoms with E-state index in [0.717, 1.165) is 5.76 Å². The van der Waals surface area contributed by atoms with Gasteiger partial charge in [0.1, 0.15) is 17.3 Å². The van der Waals surface area contributed by atoms with Crippen LogP contribution in [0, 0.1) is 5.82 Å². The molecule has 2 aromatic rings. The van der Waals surface area contributed by atoms with E-state index in [0.29, 0.717) is 18.9 Å². The van der Waals surface area contributed by atoms with E-state index >= 15 is 0 Å². The Bertz CT molecular complexity index is 456. The van der Waals surface area contributed by atoms with Gasteiger partial charge in [-0.25, -0.2) is 4.39 Å². The minimum atomic E-state index is -0.315. The number of halogens is 1. The smallest absolute Gasteiger partial charge is 0.126 e. The van der Waals surface area contributed by atoms with Crippen molar-refractivity contribution in [3.8, 4) is 5.75 Å². The third-order valence-electron chi connectivity index (χ3n) is 2.48. The van der Waals surface area contributed by atoms with Gasteiger partial charge in [-0.15, -0.1) is 0 Å². The second kappa shape index (κ2) is 5.50. The Hall–Kier alpha value is -1.81. The summed E-state index contributed by atoms with van der Waals surface area (Å²) in [7, 11) is 0. The van der Waals surface area contributed by atoms with Crippen molar-refractivity contribution in [3.05, 3.63) is 54.2 Å². The van der Waals surface area contributed by atoms with Crippen LogP contribution in [0.4, 0.5) is 4.39 Å². The van der Waals surface area contributed by atoms with Crippen LogP contribution < -0.4 is 10.5 Å². The van der Waals surface area contributed by atoms with E-state index in [-0.39, 0.29) is 11.7 Å². The predicted molar refractivity (Wildman–Crippen MR) is 62.4 cm³/mol. The first-order valence-corrected chi connectivity index (χ1v) is 5.41. The van der Waals surface area contributed by atoms with Crippen molar-refractivity contribution in [1.29, 1.82) is 0 Å². The molecule has 0 saturated carbocycles. The van der Waals surface area contributed by atoms with Gasteiger partial charge in [0.2, 0.25) is 0 Å². The largest absolute Gasteiger partial charge is 0.493 e. The van der Waals surface area contributed by atoms with E-state index in [2.05, 4.69) is 0 Å². The molecule has 0 aliphatic rings. The Morgan fingerprint density at radius 2 is 2.18 bits per heavy atom. The fraction of sp³-hybridized carbons (Fsp3) is 0.231. The van der Waals surface area contributed by atoms with Gasteiger partial charge < -0.3 is 14.9 Å². The molecule has 0 aliphatic heterocycles. The van der Waals surface area contributed by atoms with Crippen LogP contribution in [0.1, 0.15) is 11.7 Å². The molecule has 1 unspecified atom stereocenters. The third kappa shape index (κ3) is 3.07. The molecule has 0 spiro atoms. The van der Waals surface area contributed by atoms with E-state index in [1.54, 1.807) is 24.5 Å². The maximum atomic E-state index is 12.9. The van der Waals surface area contributed by atoms with Gasteiger partial charge in [0.05, 0.1) is 18.8 Å². The molecule has 1 aromatic carbocycles. The highest BCUT2D eigenvalue weighted by atomic mass is 19.1. The summed E-state index contributed by atoms with van der Waals surface area (Å²) in [5.41, 5.74) is 5.64. The highest BCUT2D eigenvalue weighted by Gasteiger charge is 2.13. The Morgan fingerprint density at radius 1 is 1.29 bits per heavy atom. The molecule has 0 aliphatic carbocycles. The minimum Gasteiger partial charge on any atom is -0.493 e. The fourth-order valence-corrected chi connectivity index (χ4v) is 1.54.